The topological polar surface area (TPSA) is 80.9 Å². The summed E-state index contributed by atoms with van der Waals surface area (Å²) in [5, 5.41) is 40.6. The van der Waals surface area contributed by atoms with Gasteiger partial charge in [0.2, 0.25) is 0 Å². The largest absolute Gasteiger partial charge is 0.508 e. The van der Waals surface area contributed by atoms with E-state index in [4.69, 9.17) is 0 Å². The van der Waals surface area contributed by atoms with E-state index >= 15 is 0 Å². The third-order valence-electron chi connectivity index (χ3n) is 4.64. The molecule has 0 aliphatic carbocycles. The van der Waals surface area contributed by atoms with Crippen molar-refractivity contribution in [1.82, 2.24) is 0 Å². The van der Waals surface area contributed by atoms with Gasteiger partial charge in [-0.05, 0) is 82.7 Å². The summed E-state index contributed by atoms with van der Waals surface area (Å²) in [4.78, 5) is 0. The van der Waals surface area contributed by atoms with E-state index in [1.165, 1.54) is 0 Å². The number of allylic oxidation sites excluding steroid dienone is 4. The van der Waals surface area contributed by atoms with Crippen LogP contribution in [0.4, 0.5) is 0 Å². The zero-order valence-electron chi connectivity index (χ0n) is 17.1. The van der Waals surface area contributed by atoms with Gasteiger partial charge >= 0.3 is 0 Å². The van der Waals surface area contributed by atoms with Gasteiger partial charge in [0.05, 0.1) is 0 Å². The van der Waals surface area contributed by atoms with Gasteiger partial charge in [-0.1, -0.05) is 29.4 Å². The van der Waals surface area contributed by atoms with Crippen molar-refractivity contribution in [2.45, 2.75) is 53.4 Å². The molecule has 0 unspecified atom stereocenters. The molecule has 2 rings (SSSR count). The summed E-state index contributed by atoms with van der Waals surface area (Å²) in [5.74, 6) is -0.0341. The summed E-state index contributed by atoms with van der Waals surface area (Å²) in [5.41, 5.74) is 5.17. The fourth-order valence-corrected chi connectivity index (χ4v) is 3.00. The second-order valence-electron chi connectivity index (χ2n) is 7.71. The van der Waals surface area contributed by atoms with Crippen LogP contribution >= 0.6 is 0 Å². The van der Waals surface area contributed by atoms with Crippen molar-refractivity contribution in [3.8, 4) is 23.0 Å². The molecule has 0 aliphatic heterocycles. The first kappa shape index (κ1) is 21.4. The predicted molar refractivity (Wildman–Crippen MR) is 113 cm³/mol. The normalized spacial score (nSPS) is 10.6. The summed E-state index contributed by atoms with van der Waals surface area (Å²) in [6, 6.07) is 6.80. The number of hydrogen-bond donors (Lipinski definition) is 4. The lowest BCUT2D eigenvalue weighted by Gasteiger charge is -2.11. The molecule has 28 heavy (non-hydrogen) atoms. The first-order chi connectivity index (χ1) is 13.2. The van der Waals surface area contributed by atoms with Gasteiger partial charge < -0.3 is 20.4 Å². The molecule has 0 fully saturated rings. The minimum Gasteiger partial charge on any atom is -0.508 e. The van der Waals surface area contributed by atoms with Gasteiger partial charge in [-0.25, -0.2) is 0 Å². The summed E-state index contributed by atoms with van der Waals surface area (Å²) in [6.45, 7) is 7.92. The van der Waals surface area contributed by atoms with Crippen LogP contribution in [0, 0.1) is 0 Å². The van der Waals surface area contributed by atoms with Gasteiger partial charge in [-0.3, -0.25) is 0 Å². The Bertz CT molecular complexity index is 876. The van der Waals surface area contributed by atoms with E-state index in [1.807, 2.05) is 45.9 Å². The summed E-state index contributed by atoms with van der Waals surface area (Å²) in [6.07, 6.45) is 6.20. The number of phenols is 4. The average molecular weight is 383 g/mol. The molecular weight excluding hydrogens is 352 g/mol. The Morgan fingerprint density at radius 2 is 1.14 bits per heavy atom. The minimum absolute atomic E-state index is 0.0832. The molecule has 0 amide bonds. The van der Waals surface area contributed by atoms with Crippen LogP contribution in [0.1, 0.15) is 49.9 Å². The maximum absolute atomic E-state index is 10.3. The highest BCUT2D eigenvalue weighted by atomic mass is 16.3. The maximum Gasteiger partial charge on any atom is 0.161 e. The second kappa shape index (κ2) is 9.36. The van der Waals surface area contributed by atoms with Crippen LogP contribution in [0.5, 0.6) is 23.0 Å². The Kier molecular flexibility index (Phi) is 7.16. The van der Waals surface area contributed by atoms with Crippen LogP contribution in [0.25, 0.3) is 0 Å². The van der Waals surface area contributed by atoms with Crippen molar-refractivity contribution in [2.24, 2.45) is 0 Å². The van der Waals surface area contributed by atoms with Crippen molar-refractivity contribution in [2.75, 3.05) is 0 Å². The number of hydrogen-bond acceptors (Lipinski definition) is 4. The standard InChI is InChI=1S/C24H30O4/c1-15(2)5-9-19-11-17(14-23(27)24(19)28)7-8-18-12-21(25)20(22(26)13-18)10-6-16(3)4/h5-6,11-14,25-28H,7-10H2,1-4H3. The van der Waals surface area contributed by atoms with Gasteiger partial charge in [0.1, 0.15) is 11.5 Å². The van der Waals surface area contributed by atoms with E-state index in [1.54, 1.807) is 18.2 Å². The molecule has 0 aliphatic rings. The molecule has 0 spiro atoms. The molecule has 150 valence electrons. The Balaban J connectivity index is 2.18. The van der Waals surface area contributed by atoms with E-state index in [2.05, 4.69) is 0 Å². The Hall–Kier alpha value is -2.88. The first-order valence-corrected chi connectivity index (χ1v) is 9.51. The SMILES string of the molecule is CC(C)=CCc1cc(CCc2cc(O)c(CC=C(C)C)c(O)c2)cc(O)c1O. The number of aryl methyl sites for hydroxylation is 2. The highest BCUT2D eigenvalue weighted by molar-refractivity contribution is 5.50. The van der Waals surface area contributed by atoms with Crippen molar-refractivity contribution in [3.63, 3.8) is 0 Å². The molecule has 0 radical (unpaired) electrons. The number of rotatable bonds is 7. The van der Waals surface area contributed by atoms with Crippen LogP contribution in [0.3, 0.4) is 0 Å². The third-order valence-corrected chi connectivity index (χ3v) is 4.64. The Labute approximate surface area is 167 Å². The van der Waals surface area contributed by atoms with E-state index < -0.39 is 0 Å². The number of benzene rings is 2. The Morgan fingerprint density at radius 3 is 1.68 bits per heavy atom. The first-order valence-electron chi connectivity index (χ1n) is 9.51. The van der Waals surface area contributed by atoms with Gasteiger partial charge in [-0.15, -0.1) is 0 Å². The van der Waals surface area contributed by atoms with Crippen molar-refractivity contribution in [3.05, 3.63) is 69.8 Å². The van der Waals surface area contributed by atoms with E-state index in [0.717, 1.165) is 22.3 Å². The molecule has 0 bridgehead atoms. The van der Waals surface area contributed by atoms with Crippen LogP contribution in [-0.4, -0.2) is 20.4 Å². The van der Waals surface area contributed by atoms with Crippen molar-refractivity contribution >= 4 is 0 Å². The molecule has 0 saturated carbocycles. The van der Waals surface area contributed by atoms with E-state index in [9.17, 15) is 20.4 Å². The highest BCUT2D eigenvalue weighted by Gasteiger charge is 2.11. The lowest BCUT2D eigenvalue weighted by atomic mass is 9.98. The summed E-state index contributed by atoms with van der Waals surface area (Å²) in [7, 11) is 0. The fraction of sp³-hybridized carbons (Fsp3) is 0.333. The zero-order chi connectivity index (χ0) is 20.8. The predicted octanol–water partition coefficient (Wildman–Crippen LogP) is 5.31. The maximum atomic E-state index is 10.3. The molecule has 4 N–H and O–H groups in total. The number of phenolic OH excluding ortho intramolecular Hbond substituents is 4. The molecule has 2 aromatic carbocycles. The van der Waals surface area contributed by atoms with Crippen LogP contribution in [0.15, 0.2) is 47.6 Å². The van der Waals surface area contributed by atoms with E-state index in [-0.39, 0.29) is 23.0 Å². The molecule has 0 atom stereocenters. The van der Waals surface area contributed by atoms with Crippen LogP contribution in [-0.2, 0) is 25.7 Å². The fourth-order valence-electron chi connectivity index (χ4n) is 3.00. The average Bonchev–Trinajstić information content (AvgIpc) is 2.60. The molecular formula is C24H30O4. The quantitative estimate of drug-likeness (QED) is 0.386. The van der Waals surface area contributed by atoms with Gasteiger partial charge in [0, 0.05) is 11.1 Å². The second-order valence-corrected chi connectivity index (χ2v) is 7.71. The summed E-state index contributed by atoms with van der Waals surface area (Å²) < 4.78 is 0. The third kappa shape index (κ3) is 5.81. The van der Waals surface area contributed by atoms with Gasteiger partial charge in [0.15, 0.2) is 11.5 Å². The van der Waals surface area contributed by atoms with Crippen LogP contribution in [0.2, 0.25) is 0 Å². The van der Waals surface area contributed by atoms with Crippen molar-refractivity contribution < 1.29 is 20.4 Å². The lowest BCUT2D eigenvalue weighted by molar-refractivity contribution is 0.399. The molecule has 4 nitrogen and oxygen atoms in total. The van der Waals surface area contributed by atoms with Crippen LogP contribution < -0.4 is 0 Å². The molecule has 0 heterocycles. The Morgan fingerprint density at radius 1 is 0.679 bits per heavy atom. The highest BCUT2D eigenvalue weighted by Crippen LogP contribution is 2.33. The van der Waals surface area contributed by atoms with Crippen molar-refractivity contribution in [1.29, 1.82) is 0 Å². The number of aromatic hydroxyl groups is 4. The monoisotopic (exact) mass is 382 g/mol. The molecule has 4 heteroatoms. The molecule has 0 aromatic heterocycles. The van der Waals surface area contributed by atoms with E-state index in [0.29, 0.717) is 36.8 Å². The van der Waals surface area contributed by atoms with Gasteiger partial charge in [-0.2, -0.15) is 0 Å². The molecule has 2 aromatic rings. The zero-order valence-corrected chi connectivity index (χ0v) is 17.1. The molecule has 0 saturated heterocycles. The minimum atomic E-state index is -0.127. The summed E-state index contributed by atoms with van der Waals surface area (Å²) >= 11 is 0. The smallest absolute Gasteiger partial charge is 0.161 e. The lowest BCUT2D eigenvalue weighted by Crippen LogP contribution is -1.96. The van der Waals surface area contributed by atoms with Gasteiger partial charge in [0.25, 0.3) is 0 Å².